The second-order valence-corrected chi connectivity index (χ2v) is 14.6. The van der Waals surface area contributed by atoms with Gasteiger partial charge in [-0.3, -0.25) is 0 Å². The van der Waals surface area contributed by atoms with Crippen LogP contribution in [-0.4, -0.2) is 58.1 Å². The zero-order chi connectivity index (χ0) is 26.1. The fourth-order valence-electron chi connectivity index (χ4n) is 4.37. The molecule has 0 aliphatic carbocycles. The Balaban J connectivity index is 1.50. The zero-order valence-corrected chi connectivity index (χ0v) is 21.8. The number of fused-ring (bicyclic) bond motifs is 1. The molecule has 2 fully saturated rings. The third-order valence-corrected chi connectivity index (χ3v) is 7.10. The highest BCUT2D eigenvalue weighted by molar-refractivity contribution is 6.70. The predicted molar refractivity (Wildman–Crippen MR) is 128 cm³/mol. The van der Waals surface area contributed by atoms with Gasteiger partial charge in [0.1, 0.15) is 18.3 Å². The standard InChI is InChI=1S/C25H28ClF3O6Si/c1-36(2,3)35-24(25(27,28)29,17-7-5-4-6-8-17)23(30)34-20-15-33-21-19(14-32-22(20)21)31-13-16-9-11-18(26)12-10-16/h4-12,19-22H,13-15H2,1-3H3/t19-,20+,21+,22+,24-/m0/s1. The maximum absolute atomic E-state index is 14.6. The van der Waals surface area contributed by atoms with Gasteiger partial charge in [0, 0.05) is 10.6 Å². The van der Waals surface area contributed by atoms with Gasteiger partial charge in [-0.05, 0) is 37.3 Å². The van der Waals surface area contributed by atoms with Crippen molar-refractivity contribution >= 4 is 25.9 Å². The highest BCUT2D eigenvalue weighted by atomic mass is 35.5. The Morgan fingerprint density at radius 1 is 0.972 bits per heavy atom. The van der Waals surface area contributed by atoms with Crippen molar-refractivity contribution < 1.29 is 41.3 Å². The number of halogens is 4. The first kappa shape index (κ1) is 27.1. The Morgan fingerprint density at radius 2 is 1.56 bits per heavy atom. The molecule has 2 aromatic carbocycles. The third kappa shape index (κ3) is 5.63. The summed E-state index contributed by atoms with van der Waals surface area (Å²) in [5.74, 6) is -1.54. The Morgan fingerprint density at radius 3 is 2.14 bits per heavy atom. The largest absolute Gasteiger partial charge is 0.454 e. The van der Waals surface area contributed by atoms with Crippen molar-refractivity contribution in [2.45, 2.75) is 62.4 Å². The van der Waals surface area contributed by atoms with Crippen molar-refractivity contribution in [1.29, 1.82) is 0 Å². The molecule has 0 saturated carbocycles. The first-order valence-corrected chi connectivity index (χ1v) is 15.3. The van der Waals surface area contributed by atoms with Gasteiger partial charge in [-0.1, -0.05) is 54.1 Å². The molecule has 196 valence electrons. The number of rotatable bonds is 8. The summed E-state index contributed by atoms with van der Waals surface area (Å²) in [6.07, 6.45) is -7.90. The number of ether oxygens (including phenoxy) is 4. The van der Waals surface area contributed by atoms with Gasteiger partial charge in [0.2, 0.25) is 0 Å². The lowest BCUT2D eigenvalue weighted by Gasteiger charge is -2.39. The minimum absolute atomic E-state index is 0.114. The lowest BCUT2D eigenvalue weighted by molar-refractivity contribution is -0.264. The normalized spacial score (nSPS) is 25.9. The van der Waals surface area contributed by atoms with Crippen LogP contribution in [0.5, 0.6) is 0 Å². The van der Waals surface area contributed by atoms with Gasteiger partial charge in [-0.2, -0.15) is 13.2 Å². The molecule has 0 bridgehead atoms. The lowest BCUT2D eigenvalue weighted by atomic mass is 9.93. The van der Waals surface area contributed by atoms with Crippen LogP contribution in [-0.2, 0) is 40.4 Å². The Kier molecular flexibility index (Phi) is 7.85. The highest BCUT2D eigenvalue weighted by Gasteiger charge is 2.66. The minimum Gasteiger partial charge on any atom is -0.454 e. The summed E-state index contributed by atoms with van der Waals surface area (Å²) in [5.41, 5.74) is -2.71. The van der Waals surface area contributed by atoms with Gasteiger partial charge < -0.3 is 23.4 Å². The van der Waals surface area contributed by atoms with Gasteiger partial charge in [0.05, 0.1) is 19.8 Å². The monoisotopic (exact) mass is 544 g/mol. The molecular weight excluding hydrogens is 517 g/mol. The Hall–Kier alpha value is -1.95. The van der Waals surface area contributed by atoms with E-state index >= 15 is 0 Å². The van der Waals surface area contributed by atoms with Gasteiger partial charge in [-0.25, -0.2) is 4.79 Å². The van der Waals surface area contributed by atoms with Crippen LogP contribution in [0.3, 0.4) is 0 Å². The number of alkyl halides is 3. The predicted octanol–water partition coefficient (Wildman–Crippen LogP) is 5.24. The van der Waals surface area contributed by atoms with Crippen molar-refractivity contribution in [3.63, 3.8) is 0 Å². The van der Waals surface area contributed by atoms with E-state index in [0.29, 0.717) is 5.02 Å². The molecule has 11 heteroatoms. The number of carbonyl (C=O) groups is 1. The average molecular weight is 545 g/mol. The molecule has 0 spiro atoms. The molecule has 0 amide bonds. The summed E-state index contributed by atoms with van der Waals surface area (Å²) < 4.78 is 72.4. The molecule has 2 saturated heterocycles. The van der Waals surface area contributed by atoms with Crippen molar-refractivity contribution in [3.8, 4) is 0 Å². The van der Waals surface area contributed by atoms with Crippen molar-refractivity contribution in [2.75, 3.05) is 13.2 Å². The van der Waals surface area contributed by atoms with Crippen LogP contribution in [0.25, 0.3) is 0 Å². The molecule has 36 heavy (non-hydrogen) atoms. The summed E-state index contributed by atoms with van der Waals surface area (Å²) in [5, 5.41) is 0.607. The molecule has 2 aromatic rings. The summed E-state index contributed by atoms with van der Waals surface area (Å²) in [7, 11) is -2.90. The maximum Gasteiger partial charge on any atom is 0.431 e. The molecule has 4 rings (SSSR count). The number of esters is 1. The fraction of sp³-hybridized carbons (Fsp3) is 0.480. The van der Waals surface area contributed by atoms with Crippen LogP contribution >= 0.6 is 11.6 Å². The molecule has 0 radical (unpaired) electrons. The van der Waals surface area contributed by atoms with Crippen LogP contribution in [0.15, 0.2) is 54.6 Å². The van der Waals surface area contributed by atoms with Crippen LogP contribution in [0.4, 0.5) is 13.2 Å². The van der Waals surface area contributed by atoms with Crippen LogP contribution in [0.1, 0.15) is 11.1 Å². The van der Waals surface area contributed by atoms with E-state index in [0.717, 1.165) is 5.56 Å². The molecule has 0 unspecified atom stereocenters. The Labute approximate surface area is 213 Å². The van der Waals surface area contributed by atoms with Crippen molar-refractivity contribution in [3.05, 3.63) is 70.7 Å². The van der Waals surface area contributed by atoms with E-state index in [9.17, 15) is 18.0 Å². The summed E-state index contributed by atoms with van der Waals surface area (Å²) in [6.45, 7) is 5.07. The van der Waals surface area contributed by atoms with Gasteiger partial charge >= 0.3 is 12.1 Å². The topological polar surface area (TPSA) is 63.2 Å². The second kappa shape index (κ2) is 10.4. The van der Waals surface area contributed by atoms with Crippen LogP contribution in [0, 0.1) is 0 Å². The summed E-state index contributed by atoms with van der Waals surface area (Å²) in [4.78, 5) is 13.4. The third-order valence-electron chi connectivity index (χ3n) is 5.92. The lowest BCUT2D eigenvalue weighted by Crippen LogP contribution is -2.57. The number of hydrogen-bond donors (Lipinski definition) is 0. The zero-order valence-electron chi connectivity index (χ0n) is 20.1. The van der Waals surface area contributed by atoms with Gasteiger partial charge in [0.15, 0.2) is 14.4 Å². The molecule has 2 heterocycles. The van der Waals surface area contributed by atoms with E-state index in [4.69, 9.17) is 35.0 Å². The van der Waals surface area contributed by atoms with E-state index < -0.39 is 50.5 Å². The number of benzene rings is 2. The number of hydrogen-bond acceptors (Lipinski definition) is 6. The van der Waals surface area contributed by atoms with E-state index in [-0.39, 0.29) is 25.4 Å². The highest BCUT2D eigenvalue weighted by Crippen LogP contribution is 2.46. The number of carbonyl (C=O) groups excluding carboxylic acids is 1. The molecule has 2 aliphatic rings. The quantitative estimate of drug-likeness (QED) is 0.334. The van der Waals surface area contributed by atoms with Gasteiger partial charge in [-0.15, -0.1) is 0 Å². The fourth-order valence-corrected chi connectivity index (χ4v) is 5.73. The maximum atomic E-state index is 14.6. The van der Waals surface area contributed by atoms with Gasteiger partial charge in [0.25, 0.3) is 5.60 Å². The van der Waals surface area contributed by atoms with Crippen LogP contribution in [0.2, 0.25) is 24.7 Å². The average Bonchev–Trinajstić information content (AvgIpc) is 3.39. The van der Waals surface area contributed by atoms with E-state index in [1.165, 1.54) is 24.3 Å². The second-order valence-electron chi connectivity index (χ2n) is 9.77. The van der Waals surface area contributed by atoms with Crippen LogP contribution < -0.4 is 0 Å². The molecule has 6 nitrogen and oxygen atoms in total. The summed E-state index contributed by atoms with van der Waals surface area (Å²) in [6, 6.07) is 14.0. The molecular formula is C25H28ClF3O6Si. The molecule has 0 N–H and O–H groups in total. The molecule has 0 aromatic heterocycles. The van der Waals surface area contributed by atoms with E-state index in [1.54, 1.807) is 37.8 Å². The first-order chi connectivity index (χ1) is 16.9. The molecule has 5 atom stereocenters. The smallest absolute Gasteiger partial charge is 0.431 e. The SMILES string of the molecule is C[Si](C)(C)O[C@](C(=O)O[C@@H]1CO[C@H]2[C@@H]1OC[C@@H]2OCc1ccc(Cl)cc1)(c1ccccc1)C(F)(F)F. The summed E-state index contributed by atoms with van der Waals surface area (Å²) >= 11 is 5.90. The molecule has 2 aliphatic heterocycles. The first-order valence-electron chi connectivity index (χ1n) is 11.5. The van der Waals surface area contributed by atoms with E-state index in [1.807, 2.05) is 12.1 Å². The van der Waals surface area contributed by atoms with Crippen molar-refractivity contribution in [1.82, 2.24) is 0 Å². The van der Waals surface area contributed by atoms with E-state index in [2.05, 4.69) is 0 Å². The van der Waals surface area contributed by atoms with Crippen molar-refractivity contribution in [2.24, 2.45) is 0 Å². The Bertz CT molecular complexity index is 1050. The minimum atomic E-state index is -5.06.